The second kappa shape index (κ2) is 53.8. The summed E-state index contributed by atoms with van der Waals surface area (Å²) in [7, 11) is -4.09. The Kier molecular flexibility index (Phi) is 42.2. The van der Waals surface area contributed by atoms with Crippen LogP contribution in [0.2, 0.25) is 0 Å². The smallest absolute Gasteiger partial charge is 0.741 e. The Morgan fingerprint density at radius 2 is 0.568 bits per heavy atom. The first-order valence-corrected chi connectivity index (χ1v) is 50.6. The average Bonchev–Trinajstić information content (AvgIpc) is 1.60. The molecular formula is C125H129F3Ir2N10O7S. The van der Waals surface area contributed by atoms with Gasteiger partial charge in [0.25, 0.3) is 0 Å². The molecule has 0 fully saturated rings. The summed E-state index contributed by atoms with van der Waals surface area (Å²) in [5.41, 5.74) is 26.6. The van der Waals surface area contributed by atoms with Gasteiger partial charge in [-0.3, -0.25) is 24.9 Å². The average molecular weight is 2360 g/mol. The van der Waals surface area contributed by atoms with Crippen molar-refractivity contribution >= 4 is 54.0 Å². The maximum atomic E-state index is 10.7. The third-order valence-electron chi connectivity index (χ3n) is 25.0. The second-order valence-corrected chi connectivity index (χ2v) is 39.0. The normalized spacial score (nSPS) is 11.1. The SMILES string of the molecule is CC(C)c1cccc(C(C)C)c1-n1ccnc1-c1[c-]cccc1.CC(C)c1cccc(C(C)C)c1-n1ccnc1-c1[c-]cccc1.CC(C)c1cccc(C(C)C)c1-n1ccnc1-c1[c-]cccc1.CC(C)c1cccc(C(C)C)c1-n1ccnc1-c1[c-]cccc1.CO.CO.Cc1cnc(-c2[c-]ccc3c2oc2ccccc23)cc1C.Cc1cnc(-c2cccc3c2oc2ccccc23)cc1C.O=S(=O)([O-])C(F)(F)F.[Ir+3].[Ir+3]. The maximum absolute atomic E-state index is 10.7. The Morgan fingerprint density at radius 3 is 0.845 bits per heavy atom. The number of imidazole rings is 4. The van der Waals surface area contributed by atoms with E-state index >= 15 is 0 Å². The number of halogens is 3. The van der Waals surface area contributed by atoms with E-state index in [-0.39, 0.29) is 40.2 Å². The Morgan fingerprint density at radius 1 is 0.311 bits per heavy atom. The molecule has 0 spiro atoms. The van der Waals surface area contributed by atoms with Gasteiger partial charge < -0.3 is 46.9 Å². The van der Waals surface area contributed by atoms with Crippen molar-refractivity contribution < 1.29 is 85.4 Å². The fourth-order valence-electron chi connectivity index (χ4n) is 17.4. The summed E-state index contributed by atoms with van der Waals surface area (Å²) in [5.74, 6) is 7.44. The monoisotopic (exact) mass is 2360 g/mol. The number of fused-ring (bicyclic) bond motifs is 6. The van der Waals surface area contributed by atoms with Gasteiger partial charge in [-0.1, -0.05) is 255 Å². The van der Waals surface area contributed by atoms with Crippen molar-refractivity contribution in [2.75, 3.05) is 14.2 Å². The van der Waals surface area contributed by atoms with Crippen LogP contribution in [0.3, 0.4) is 0 Å². The fraction of sp³-hybridized carbons (Fsp3) is 0.248. The number of benzene rings is 12. The molecule has 8 heterocycles. The Hall–Kier alpha value is -13.7. The molecule has 148 heavy (non-hydrogen) atoms. The fourth-order valence-corrected chi connectivity index (χ4v) is 17.4. The zero-order valence-electron chi connectivity index (χ0n) is 87.8. The molecule has 20 rings (SSSR count). The van der Waals surface area contributed by atoms with Gasteiger partial charge in [-0.2, -0.15) is 13.2 Å². The van der Waals surface area contributed by atoms with Gasteiger partial charge in [0.2, 0.25) is 0 Å². The van der Waals surface area contributed by atoms with Crippen LogP contribution in [0.1, 0.15) is 225 Å². The van der Waals surface area contributed by atoms with Crippen LogP contribution in [0.5, 0.6) is 0 Å². The van der Waals surface area contributed by atoms with Gasteiger partial charge in [0.15, 0.2) is 10.1 Å². The van der Waals surface area contributed by atoms with E-state index < -0.39 is 15.6 Å². The van der Waals surface area contributed by atoms with Gasteiger partial charge in [0, 0.05) is 121 Å². The van der Waals surface area contributed by atoms with Crippen LogP contribution in [-0.2, 0) is 50.3 Å². The number of aliphatic hydroxyl groups is 2. The van der Waals surface area contributed by atoms with E-state index in [9.17, 15) is 13.2 Å². The summed E-state index contributed by atoms with van der Waals surface area (Å²) >= 11 is 0. The summed E-state index contributed by atoms with van der Waals surface area (Å²) in [5, 5.41) is 18.5. The number of hydrogen-bond donors (Lipinski definition) is 2. The van der Waals surface area contributed by atoms with Crippen molar-refractivity contribution in [3.8, 4) is 90.8 Å². The summed E-state index contributed by atoms with van der Waals surface area (Å²) in [6.07, 6.45) is 19.6. The number of rotatable bonds is 18. The molecule has 17 nitrogen and oxygen atoms in total. The summed E-state index contributed by atoms with van der Waals surface area (Å²) in [4.78, 5) is 27.5. The van der Waals surface area contributed by atoms with Crippen molar-refractivity contribution in [2.45, 2.75) is 191 Å². The third kappa shape index (κ3) is 27.6. The van der Waals surface area contributed by atoms with E-state index in [4.69, 9.17) is 32.0 Å². The largest absolute Gasteiger partial charge is 3.00 e. The summed E-state index contributed by atoms with van der Waals surface area (Å²) < 4.78 is 79.9. The molecule has 0 saturated heterocycles. The molecule has 0 saturated carbocycles. The second-order valence-electron chi connectivity index (χ2n) is 37.6. The first-order chi connectivity index (χ1) is 70.1. The van der Waals surface area contributed by atoms with Crippen LogP contribution in [-0.4, -0.2) is 91.1 Å². The van der Waals surface area contributed by atoms with Gasteiger partial charge >= 0.3 is 45.7 Å². The van der Waals surface area contributed by atoms with Crippen LogP contribution in [0.15, 0.2) is 332 Å². The van der Waals surface area contributed by atoms with E-state index in [1.54, 1.807) is 0 Å². The molecule has 0 bridgehead atoms. The van der Waals surface area contributed by atoms with E-state index in [0.29, 0.717) is 47.3 Å². The molecule has 0 atom stereocenters. The van der Waals surface area contributed by atoms with Gasteiger partial charge in [-0.05, 0) is 166 Å². The number of alkyl halides is 3. The van der Waals surface area contributed by atoms with E-state index in [1.807, 2.05) is 159 Å². The molecule has 0 aliphatic carbocycles. The van der Waals surface area contributed by atoms with Crippen molar-refractivity contribution in [3.63, 3.8) is 0 Å². The van der Waals surface area contributed by atoms with Crippen LogP contribution >= 0.6 is 0 Å². The Labute approximate surface area is 897 Å². The van der Waals surface area contributed by atoms with Gasteiger partial charge in [-0.15, -0.1) is 162 Å². The molecule has 23 heteroatoms. The van der Waals surface area contributed by atoms with Gasteiger partial charge in [0.05, 0.1) is 34.6 Å². The van der Waals surface area contributed by atoms with Crippen LogP contribution in [0.4, 0.5) is 13.2 Å². The zero-order chi connectivity index (χ0) is 105. The van der Waals surface area contributed by atoms with E-state index in [2.05, 4.69) is 381 Å². The summed E-state index contributed by atoms with van der Waals surface area (Å²) in [6.45, 7) is 44.3. The molecule has 0 unspecified atom stereocenters. The van der Waals surface area contributed by atoms with Crippen LogP contribution in [0, 0.1) is 58.0 Å². The molecule has 0 radical (unpaired) electrons. The minimum atomic E-state index is -6.09. The molecule has 0 aliphatic rings. The van der Waals surface area contributed by atoms with Crippen LogP contribution in [0.25, 0.3) is 135 Å². The minimum absolute atomic E-state index is 0. The number of para-hydroxylation sites is 7. The molecule has 8 aromatic heterocycles. The number of aliphatic hydroxyl groups excluding tert-OH is 2. The third-order valence-corrected chi connectivity index (χ3v) is 25.6. The van der Waals surface area contributed by atoms with Crippen molar-refractivity contribution in [1.82, 2.24) is 48.2 Å². The predicted molar refractivity (Wildman–Crippen MR) is 588 cm³/mol. The minimum Gasteiger partial charge on any atom is -0.741 e. The molecule has 0 aliphatic heterocycles. The Bertz CT molecular complexity index is 6960. The topological polar surface area (TPSA) is 221 Å². The first-order valence-electron chi connectivity index (χ1n) is 49.2. The van der Waals surface area contributed by atoms with Gasteiger partial charge in [-0.25, -0.2) is 8.42 Å². The predicted octanol–water partition coefficient (Wildman–Crippen LogP) is 31.9. The number of hydrogen-bond acceptors (Lipinski definition) is 13. The Balaban J connectivity index is 0.000000177. The number of aromatic nitrogens is 10. The molecule has 0 amide bonds. The van der Waals surface area contributed by atoms with Crippen molar-refractivity contribution in [1.29, 1.82) is 0 Å². The van der Waals surface area contributed by atoms with E-state index in [0.717, 1.165) is 126 Å². The molecule has 766 valence electrons. The number of nitrogens with zero attached hydrogens (tertiary/aromatic N) is 10. The molecule has 12 aromatic carbocycles. The first kappa shape index (κ1) is 116. The van der Waals surface area contributed by atoms with Crippen molar-refractivity contribution in [3.05, 3.63) is 420 Å². The zero-order valence-corrected chi connectivity index (χ0v) is 93.4. The summed E-state index contributed by atoms with van der Waals surface area (Å²) in [6, 6.07) is 106. The van der Waals surface area contributed by atoms with Crippen molar-refractivity contribution in [2.24, 2.45) is 0 Å². The maximum Gasteiger partial charge on any atom is 3.00 e. The standard InChI is InChI=1S/4C21H23N2.C19H15NO.C19H14NO.CHF3O3S.2CH4O.2Ir/c4*1-15(2)18-11-8-12-19(16(3)4)20(18)23-14-13-22-21(23)17-9-6-5-7-10-17;2*1-12-10-17(20-11-13(12)2)16-8-5-7-15-14-6-3-4-9-18(14)21-19(15)16;2-1(3,4)8(5,6)7;2*1-2;;/h4*5-9,11-16H,1-4H3;3-11H,1-2H3;3-7,9-11H,1-2H3;(H,5,6,7);2*2H,1H3;;/q4*-1;;-1;;;;2*+3/p-1. The number of aryl methyl sites for hydroxylation is 4. The number of furan rings is 2. The molecular weight excluding hydrogens is 2230 g/mol. The molecule has 2 N–H and O–H groups in total. The van der Waals surface area contributed by atoms with Crippen LogP contribution < -0.4 is 0 Å². The number of pyridine rings is 2. The quantitative estimate of drug-likeness (QED) is 0.0464. The van der Waals surface area contributed by atoms with E-state index in [1.165, 1.54) is 89.5 Å². The molecule has 20 aromatic rings. The van der Waals surface area contributed by atoms with Gasteiger partial charge in [0.1, 0.15) is 16.7 Å².